The average molecular weight is 268 g/mol. The van der Waals surface area contributed by atoms with Gasteiger partial charge in [0.2, 0.25) is 0 Å². The zero-order chi connectivity index (χ0) is 14.0. The number of rotatable bonds is 2. The van der Waals surface area contributed by atoms with Crippen molar-refractivity contribution in [3.63, 3.8) is 0 Å². The highest BCUT2D eigenvalue weighted by atomic mass is 16.6. The number of carbonyl (C=O) groups excluding carboxylic acids is 1. The molecule has 0 aromatic heterocycles. The molecule has 0 radical (unpaired) electrons. The quantitative estimate of drug-likeness (QED) is 0.603. The molecule has 3 atom stereocenters. The number of hydrogen-bond acceptors (Lipinski definition) is 2. The molecule has 0 heterocycles. The summed E-state index contributed by atoms with van der Waals surface area (Å²) in [5, 5.41) is 0. The number of esters is 1. The highest BCUT2D eigenvalue weighted by Crippen LogP contribution is 2.81. The van der Waals surface area contributed by atoms with Crippen LogP contribution in [-0.2, 0) is 21.6 Å². The minimum Gasteiger partial charge on any atom is -0.450 e. The van der Waals surface area contributed by atoms with Crippen molar-refractivity contribution in [1.82, 2.24) is 0 Å². The minimum absolute atomic E-state index is 0.226. The van der Waals surface area contributed by atoms with Crippen LogP contribution in [0.3, 0.4) is 0 Å². The van der Waals surface area contributed by atoms with Gasteiger partial charge in [-0.1, -0.05) is 37.3 Å². The third kappa shape index (κ3) is 1.23. The molecule has 2 nitrogen and oxygen atoms in total. The van der Waals surface area contributed by atoms with Crippen molar-refractivity contribution in [2.75, 3.05) is 0 Å². The first-order chi connectivity index (χ1) is 9.62. The van der Waals surface area contributed by atoms with Crippen LogP contribution in [0.5, 0.6) is 0 Å². The van der Waals surface area contributed by atoms with Crippen LogP contribution in [0.4, 0.5) is 0 Å². The van der Waals surface area contributed by atoms with Gasteiger partial charge in [-0.3, -0.25) is 0 Å². The lowest BCUT2D eigenvalue weighted by Crippen LogP contribution is -2.31. The molecule has 1 aromatic rings. The molecule has 2 saturated carbocycles. The summed E-state index contributed by atoms with van der Waals surface area (Å²) in [5.41, 5.74) is 3.03. The van der Waals surface area contributed by atoms with E-state index in [0.29, 0.717) is 11.5 Å². The Balaban J connectivity index is 1.83. The first kappa shape index (κ1) is 12.2. The molecule has 20 heavy (non-hydrogen) atoms. The van der Waals surface area contributed by atoms with Gasteiger partial charge in [0.25, 0.3) is 0 Å². The van der Waals surface area contributed by atoms with Gasteiger partial charge in [-0.25, -0.2) is 4.79 Å². The summed E-state index contributed by atoms with van der Waals surface area (Å²) >= 11 is 0. The van der Waals surface area contributed by atoms with Crippen molar-refractivity contribution in [2.45, 2.75) is 44.6 Å². The van der Waals surface area contributed by atoms with E-state index >= 15 is 0 Å². The number of aryl methyl sites for hydroxylation is 1. The maximum Gasteiger partial charge on any atom is 0.334 e. The van der Waals surface area contributed by atoms with Crippen LogP contribution < -0.4 is 0 Å². The van der Waals surface area contributed by atoms with Crippen LogP contribution in [0, 0.1) is 11.3 Å². The molecule has 0 N–H and O–H groups in total. The van der Waals surface area contributed by atoms with E-state index in [1.165, 1.54) is 30.4 Å². The molecular weight excluding hydrogens is 248 g/mol. The molecular formula is C18H20O2. The molecule has 3 unspecified atom stereocenters. The molecule has 3 aliphatic carbocycles. The Morgan fingerprint density at radius 1 is 1.35 bits per heavy atom. The van der Waals surface area contributed by atoms with Gasteiger partial charge in [-0.15, -0.1) is 0 Å². The van der Waals surface area contributed by atoms with Gasteiger partial charge in [-0.05, 0) is 43.7 Å². The van der Waals surface area contributed by atoms with Crippen molar-refractivity contribution in [3.8, 4) is 0 Å². The van der Waals surface area contributed by atoms with Crippen molar-refractivity contribution in [1.29, 1.82) is 0 Å². The van der Waals surface area contributed by atoms with Crippen LogP contribution in [0.25, 0.3) is 0 Å². The molecule has 0 aliphatic heterocycles. The Morgan fingerprint density at radius 2 is 2.15 bits per heavy atom. The van der Waals surface area contributed by atoms with Gasteiger partial charge in [-0.2, -0.15) is 0 Å². The van der Waals surface area contributed by atoms with E-state index in [1.54, 1.807) is 6.92 Å². The standard InChI is InChI=1S/C18H20O2/c1-12(2)16(19)20-18-14-7-4-3-6-13(14)9-11-17(18)10-5-8-15(17)18/h3-4,6-7,15H,1,5,8-11H2,2H3. The van der Waals surface area contributed by atoms with Crippen LogP contribution in [-0.4, -0.2) is 5.97 Å². The van der Waals surface area contributed by atoms with Gasteiger partial charge in [0, 0.05) is 16.9 Å². The van der Waals surface area contributed by atoms with Crippen LogP contribution in [0.15, 0.2) is 36.4 Å². The monoisotopic (exact) mass is 268 g/mol. The number of carbonyl (C=O) groups is 1. The molecule has 1 spiro atoms. The number of benzene rings is 1. The normalized spacial score (nSPS) is 36.5. The van der Waals surface area contributed by atoms with Gasteiger partial charge < -0.3 is 4.74 Å². The fourth-order valence-electron chi connectivity index (χ4n) is 4.97. The predicted octanol–water partition coefficient (Wildman–Crippen LogP) is 3.75. The Hall–Kier alpha value is -1.57. The summed E-state index contributed by atoms with van der Waals surface area (Å²) in [6, 6.07) is 8.51. The Bertz CT molecular complexity index is 618. The van der Waals surface area contributed by atoms with E-state index in [0.717, 1.165) is 12.8 Å². The second-order valence-electron chi connectivity index (χ2n) is 6.66. The Kier molecular flexibility index (Phi) is 2.28. The summed E-state index contributed by atoms with van der Waals surface area (Å²) in [5.74, 6) is 0.303. The molecule has 2 fully saturated rings. The zero-order valence-corrected chi connectivity index (χ0v) is 11.9. The first-order valence-electron chi connectivity index (χ1n) is 7.59. The summed E-state index contributed by atoms with van der Waals surface area (Å²) in [6.07, 6.45) is 5.96. The predicted molar refractivity (Wildman–Crippen MR) is 77.1 cm³/mol. The van der Waals surface area contributed by atoms with E-state index in [2.05, 4.69) is 30.8 Å². The van der Waals surface area contributed by atoms with Gasteiger partial charge >= 0.3 is 5.97 Å². The number of ether oxygens (including phenoxy) is 1. The molecule has 1 aromatic carbocycles. The summed E-state index contributed by atoms with van der Waals surface area (Å²) in [6.45, 7) is 5.48. The molecule has 2 heteroatoms. The maximum absolute atomic E-state index is 12.2. The van der Waals surface area contributed by atoms with Crippen molar-refractivity contribution >= 4 is 5.97 Å². The third-order valence-corrected chi connectivity index (χ3v) is 5.79. The number of hydrogen-bond donors (Lipinski definition) is 0. The smallest absolute Gasteiger partial charge is 0.334 e. The highest BCUT2D eigenvalue weighted by Gasteiger charge is 2.82. The Labute approximate surface area is 119 Å². The van der Waals surface area contributed by atoms with E-state index < -0.39 is 0 Å². The van der Waals surface area contributed by atoms with Crippen molar-refractivity contribution in [3.05, 3.63) is 47.5 Å². The fourth-order valence-corrected chi connectivity index (χ4v) is 4.97. The average Bonchev–Trinajstić information content (AvgIpc) is 2.78. The maximum atomic E-state index is 12.2. The molecule has 4 rings (SSSR count). The Morgan fingerprint density at radius 3 is 2.95 bits per heavy atom. The van der Waals surface area contributed by atoms with E-state index in [4.69, 9.17) is 4.74 Å². The largest absolute Gasteiger partial charge is 0.450 e. The zero-order valence-electron chi connectivity index (χ0n) is 11.9. The van der Waals surface area contributed by atoms with Gasteiger partial charge in [0.15, 0.2) is 0 Å². The highest BCUT2D eigenvalue weighted by molar-refractivity contribution is 5.88. The van der Waals surface area contributed by atoms with E-state index in [1.807, 2.05) is 0 Å². The minimum atomic E-state index is -0.337. The first-order valence-corrected chi connectivity index (χ1v) is 7.59. The lowest BCUT2D eigenvalue weighted by Gasteiger charge is -2.33. The molecule has 0 bridgehead atoms. The van der Waals surface area contributed by atoms with Crippen molar-refractivity contribution < 1.29 is 9.53 Å². The van der Waals surface area contributed by atoms with E-state index in [-0.39, 0.29) is 17.0 Å². The van der Waals surface area contributed by atoms with E-state index in [9.17, 15) is 4.79 Å². The van der Waals surface area contributed by atoms with Gasteiger partial charge in [0.05, 0.1) is 0 Å². The molecule has 0 saturated heterocycles. The molecule has 3 aliphatic rings. The lowest BCUT2D eigenvalue weighted by atomic mass is 9.79. The van der Waals surface area contributed by atoms with Crippen LogP contribution >= 0.6 is 0 Å². The SMILES string of the molecule is C=C(C)C(=O)OC12c3ccccc3CCC13CCCC32. The second-order valence-corrected chi connectivity index (χ2v) is 6.66. The van der Waals surface area contributed by atoms with Crippen molar-refractivity contribution in [2.24, 2.45) is 11.3 Å². The topological polar surface area (TPSA) is 26.3 Å². The third-order valence-electron chi connectivity index (χ3n) is 5.79. The van der Waals surface area contributed by atoms with Crippen LogP contribution in [0.2, 0.25) is 0 Å². The second kappa shape index (κ2) is 3.75. The molecule has 104 valence electrons. The summed E-state index contributed by atoms with van der Waals surface area (Å²) < 4.78 is 6.06. The fraction of sp³-hybridized carbons (Fsp3) is 0.500. The summed E-state index contributed by atoms with van der Waals surface area (Å²) in [4.78, 5) is 12.2. The lowest BCUT2D eigenvalue weighted by molar-refractivity contribution is -0.151. The number of fused-ring (bicyclic) bond motifs is 3. The van der Waals surface area contributed by atoms with Gasteiger partial charge in [0.1, 0.15) is 5.60 Å². The molecule has 0 amide bonds. The van der Waals surface area contributed by atoms with Crippen LogP contribution in [0.1, 0.15) is 43.7 Å². The summed E-state index contributed by atoms with van der Waals surface area (Å²) in [7, 11) is 0.